The molecule has 1 N–H and O–H groups in total. The Morgan fingerprint density at radius 3 is 2.19 bits per heavy atom. The number of hydrogen-bond donors (Lipinski definition) is 1. The minimum absolute atomic E-state index is 0.0165. The van der Waals surface area contributed by atoms with Gasteiger partial charge in [0.25, 0.3) is 0 Å². The molecule has 0 unspecified atom stereocenters. The molecule has 31 heavy (non-hydrogen) atoms. The zero-order valence-electron chi connectivity index (χ0n) is 16.0. The molecule has 4 rings (SSSR count). The minimum Gasteiger partial charge on any atom is -0.384 e. The van der Waals surface area contributed by atoms with Crippen molar-refractivity contribution in [3.63, 3.8) is 0 Å². The van der Waals surface area contributed by atoms with E-state index in [0.717, 1.165) is 12.4 Å². The summed E-state index contributed by atoms with van der Waals surface area (Å²) in [6, 6.07) is 0. The van der Waals surface area contributed by atoms with Crippen molar-refractivity contribution in [3.05, 3.63) is 29.4 Å². The molecule has 0 aromatic carbocycles. The van der Waals surface area contributed by atoms with Gasteiger partial charge in [-0.25, -0.2) is 9.97 Å². The first kappa shape index (κ1) is 21.7. The normalized spacial score (nSPS) is 25.7. The van der Waals surface area contributed by atoms with Crippen LogP contribution >= 0.6 is 0 Å². The highest BCUT2D eigenvalue weighted by Gasteiger charge is 2.54. The highest BCUT2D eigenvalue weighted by Crippen LogP contribution is 2.45. The topological polar surface area (TPSA) is 78.7 Å². The molecule has 2 aliphatic heterocycles. The van der Waals surface area contributed by atoms with Gasteiger partial charge in [0.1, 0.15) is 12.0 Å². The molecule has 1 saturated heterocycles. The monoisotopic (exact) mass is 448 g/mol. The summed E-state index contributed by atoms with van der Waals surface area (Å²) in [5, 5.41) is 9.95. The van der Waals surface area contributed by atoms with E-state index in [9.17, 15) is 36.2 Å². The third kappa shape index (κ3) is 4.04. The number of piperidine rings is 1. The SMILES string of the molecule is O=C1CC2=C(C(C3CCN(c4cnc(C(F)(F)F)nc4)CC3)=NC2)[C@H](C(F)(F)F)[C@@H]1O. The zero-order valence-corrected chi connectivity index (χ0v) is 16.0. The summed E-state index contributed by atoms with van der Waals surface area (Å²) in [7, 11) is 0. The van der Waals surface area contributed by atoms with Gasteiger partial charge in [-0.15, -0.1) is 0 Å². The summed E-state index contributed by atoms with van der Waals surface area (Å²) in [5.74, 6) is -4.67. The van der Waals surface area contributed by atoms with E-state index in [1.54, 1.807) is 4.90 Å². The number of Topliss-reactive ketones (excluding diaryl/α,β-unsaturated/α-hetero) is 1. The van der Waals surface area contributed by atoms with Crippen LogP contribution in [0.1, 0.15) is 25.1 Å². The van der Waals surface area contributed by atoms with Crippen molar-refractivity contribution in [3.8, 4) is 0 Å². The smallest absolute Gasteiger partial charge is 0.384 e. The second kappa shape index (κ2) is 7.57. The molecule has 1 aromatic heterocycles. The van der Waals surface area contributed by atoms with E-state index in [-0.39, 0.29) is 30.2 Å². The molecule has 1 fully saturated rings. The van der Waals surface area contributed by atoms with Crippen LogP contribution in [0.15, 0.2) is 28.5 Å². The van der Waals surface area contributed by atoms with Crippen molar-refractivity contribution >= 4 is 17.2 Å². The maximum atomic E-state index is 13.6. The van der Waals surface area contributed by atoms with Crippen molar-refractivity contribution in [1.82, 2.24) is 9.97 Å². The van der Waals surface area contributed by atoms with E-state index in [4.69, 9.17) is 0 Å². The van der Waals surface area contributed by atoms with Crippen molar-refractivity contribution in [2.45, 2.75) is 37.7 Å². The van der Waals surface area contributed by atoms with Crippen LogP contribution in [0, 0.1) is 11.8 Å². The van der Waals surface area contributed by atoms with Gasteiger partial charge in [0.05, 0.1) is 24.6 Å². The van der Waals surface area contributed by atoms with Gasteiger partial charge in [-0.3, -0.25) is 9.79 Å². The van der Waals surface area contributed by atoms with Crippen molar-refractivity contribution in [1.29, 1.82) is 0 Å². The minimum atomic E-state index is -4.78. The number of hydrogen-bond acceptors (Lipinski definition) is 6. The van der Waals surface area contributed by atoms with Gasteiger partial charge >= 0.3 is 12.4 Å². The van der Waals surface area contributed by atoms with Crippen LogP contribution in [0.3, 0.4) is 0 Å². The number of rotatable bonds is 2. The Balaban J connectivity index is 1.48. The van der Waals surface area contributed by atoms with E-state index in [1.165, 1.54) is 0 Å². The molecule has 3 heterocycles. The number of aliphatic hydroxyl groups excluding tert-OH is 1. The second-order valence-corrected chi connectivity index (χ2v) is 7.85. The van der Waals surface area contributed by atoms with Crippen LogP contribution < -0.4 is 4.90 Å². The van der Waals surface area contributed by atoms with Gasteiger partial charge < -0.3 is 10.0 Å². The lowest BCUT2D eigenvalue weighted by Gasteiger charge is -2.36. The van der Waals surface area contributed by atoms with Crippen molar-refractivity contribution < 1.29 is 36.2 Å². The number of carbonyl (C=O) groups is 1. The fourth-order valence-electron chi connectivity index (χ4n) is 4.45. The summed E-state index contributed by atoms with van der Waals surface area (Å²) < 4.78 is 78.8. The average Bonchev–Trinajstić information content (AvgIpc) is 3.10. The summed E-state index contributed by atoms with van der Waals surface area (Å²) >= 11 is 0. The highest BCUT2D eigenvalue weighted by molar-refractivity contribution is 6.08. The van der Waals surface area contributed by atoms with Crippen molar-refractivity contribution in [2.75, 3.05) is 24.5 Å². The summed E-state index contributed by atoms with van der Waals surface area (Å²) in [5.41, 5.74) is 0.931. The number of anilines is 1. The molecule has 1 aliphatic carbocycles. The highest BCUT2D eigenvalue weighted by atomic mass is 19.4. The zero-order chi connectivity index (χ0) is 22.6. The Bertz CT molecular complexity index is 930. The fourth-order valence-corrected chi connectivity index (χ4v) is 4.45. The lowest BCUT2D eigenvalue weighted by atomic mass is 9.74. The molecule has 1 aromatic rings. The van der Waals surface area contributed by atoms with E-state index in [0.29, 0.717) is 37.2 Å². The predicted molar refractivity (Wildman–Crippen MR) is 96.5 cm³/mol. The van der Waals surface area contributed by atoms with Crippen LogP contribution in [0.2, 0.25) is 0 Å². The Kier molecular flexibility index (Phi) is 5.31. The molecular formula is C19H18F6N4O2. The molecule has 0 amide bonds. The number of aliphatic hydroxyl groups is 1. The maximum absolute atomic E-state index is 13.6. The number of ketones is 1. The summed E-state index contributed by atoms with van der Waals surface area (Å²) in [6.07, 6.45) is -8.79. The molecule has 0 saturated carbocycles. The average molecular weight is 448 g/mol. The first-order valence-corrected chi connectivity index (χ1v) is 9.65. The quantitative estimate of drug-likeness (QED) is 0.704. The number of alkyl halides is 6. The molecular weight excluding hydrogens is 430 g/mol. The molecule has 0 spiro atoms. The Labute approximate surface area is 172 Å². The number of aliphatic imine (C=N–C) groups is 1. The molecule has 0 bridgehead atoms. The maximum Gasteiger partial charge on any atom is 0.451 e. The van der Waals surface area contributed by atoms with Gasteiger partial charge in [0.2, 0.25) is 5.82 Å². The third-order valence-electron chi connectivity index (χ3n) is 5.93. The van der Waals surface area contributed by atoms with E-state index in [1.807, 2.05) is 0 Å². The van der Waals surface area contributed by atoms with E-state index < -0.39 is 36.0 Å². The molecule has 0 radical (unpaired) electrons. The van der Waals surface area contributed by atoms with Crippen LogP contribution in [0.25, 0.3) is 0 Å². The Morgan fingerprint density at radius 1 is 1.03 bits per heavy atom. The first-order valence-electron chi connectivity index (χ1n) is 9.65. The third-order valence-corrected chi connectivity index (χ3v) is 5.93. The molecule has 168 valence electrons. The van der Waals surface area contributed by atoms with Crippen LogP contribution in [-0.4, -0.2) is 58.5 Å². The number of carbonyl (C=O) groups excluding carboxylic acids is 1. The van der Waals surface area contributed by atoms with Gasteiger partial charge in [-0.2, -0.15) is 26.3 Å². The summed E-state index contributed by atoms with van der Waals surface area (Å²) in [6.45, 7) is 0.765. The number of aromatic nitrogens is 2. The van der Waals surface area contributed by atoms with Crippen LogP contribution in [0.4, 0.5) is 32.0 Å². The molecule has 2 atom stereocenters. The van der Waals surface area contributed by atoms with E-state index >= 15 is 0 Å². The number of halogens is 6. The van der Waals surface area contributed by atoms with E-state index in [2.05, 4.69) is 15.0 Å². The molecule has 6 nitrogen and oxygen atoms in total. The summed E-state index contributed by atoms with van der Waals surface area (Å²) in [4.78, 5) is 24.6. The van der Waals surface area contributed by atoms with Crippen molar-refractivity contribution in [2.24, 2.45) is 16.8 Å². The Morgan fingerprint density at radius 2 is 1.65 bits per heavy atom. The largest absolute Gasteiger partial charge is 0.451 e. The van der Waals surface area contributed by atoms with Crippen LogP contribution in [-0.2, 0) is 11.0 Å². The molecule has 12 heteroatoms. The Hall–Kier alpha value is -2.50. The lowest BCUT2D eigenvalue weighted by Crippen LogP contribution is -2.46. The first-order chi connectivity index (χ1) is 14.5. The van der Waals surface area contributed by atoms with Crippen LogP contribution in [0.5, 0.6) is 0 Å². The lowest BCUT2D eigenvalue weighted by molar-refractivity contribution is -0.190. The van der Waals surface area contributed by atoms with Gasteiger partial charge in [-0.1, -0.05) is 0 Å². The number of nitrogens with zero attached hydrogens (tertiary/aromatic N) is 4. The standard InChI is InChI=1S/C19H18F6N4O2/c20-18(21,22)14-13-10(5-12(30)16(14)31)6-26-15(13)9-1-3-29(4-2-9)11-7-27-17(28-8-11)19(23,24)25/h7-9,14,16,31H,1-6H2/t14-,16+/m0/s1. The second-order valence-electron chi connectivity index (χ2n) is 7.85. The van der Waals surface area contributed by atoms with Gasteiger partial charge in [-0.05, 0) is 24.0 Å². The fraction of sp³-hybridized carbons (Fsp3) is 0.579. The molecule has 3 aliphatic rings. The predicted octanol–water partition coefficient (Wildman–Crippen LogP) is 2.98. The van der Waals surface area contributed by atoms with Gasteiger partial charge in [0, 0.05) is 31.1 Å². The van der Waals surface area contributed by atoms with Gasteiger partial charge in [0.15, 0.2) is 5.78 Å².